The molecule has 0 amide bonds. The summed E-state index contributed by atoms with van der Waals surface area (Å²) in [6, 6.07) is 11.0. The number of pyridine rings is 1. The zero-order valence-electron chi connectivity index (χ0n) is 15.7. The van der Waals surface area contributed by atoms with Gasteiger partial charge in [-0.05, 0) is 38.1 Å². The van der Waals surface area contributed by atoms with Gasteiger partial charge in [0.15, 0.2) is 11.6 Å². The minimum Gasteiger partial charge on any atom is -0.491 e. The van der Waals surface area contributed by atoms with Crippen molar-refractivity contribution in [3.63, 3.8) is 0 Å². The van der Waals surface area contributed by atoms with E-state index in [9.17, 15) is 13.2 Å². The SMILES string of the molecule is CC(=O)c1ccccc1OCCN(c1cc(C)on1)S(=O)(=O)c1ccc(Cl)nc1. The highest BCUT2D eigenvalue weighted by atomic mass is 35.5. The Hall–Kier alpha value is -2.91. The van der Waals surface area contributed by atoms with Crippen molar-refractivity contribution in [1.29, 1.82) is 0 Å². The van der Waals surface area contributed by atoms with Crippen LogP contribution in [-0.2, 0) is 10.0 Å². The highest BCUT2D eigenvalue weighted by molar-refractivity contribution is 7.92. The standard InChI is InChI=1S/C19H18ClN3O5S/c1-13-11-19(22-28-13)23(29(25,26)15-7-8-18(20)21-12-15)9-10-27-17-6-4-3-5-16(17)14(2)24/h3-8,11-12H,9-10H2,1-2H3. The molecule has 1 aromatic carbocycles. The fourth-order valence-electron chi connectivity index (χ4n) is 2.59. The number of ether oxygens (including phenoxy) is 1. The van der Waals surface area contributed by atoms with E-state index in [-0.39, 0.29) is 34.8 Å². The topological polar surface area (TPSA) is 103 Å². The number of carbonyl (C=O) groups is 1. The summed E-state index contributed by atoms with van der Waals surface area (Å²) in [5.41, 5.74) is 0.418. The maximum absolute atomic E-state index is 13.1. The summed E-state index contributed by atoms with van der Waals surface area (Å²) in [6.45, 7) is 3.01. The Bertz CT molecular complexity index is 1110. The van der Waals surface area contributed by atoms with Crippen LogP contribution in [0.3, 0.4) is 0 Å². The molecular formula is C19H18ClN3O5S. The monoisotopic (exact) mass is 435 g/mol. The molecule has 29 heavy (non-hydrogen) atoms. The van der Waals surface area contributed by atoms with Gasteiger partial charge in [0.1, 0.15) is 28.2 Å². The number of anilines is 1. The molecule has 8 nitrogen and oxygen atoms in total. The van der Waals surface area contributed by atoms with Crippen LogP contribution in [0.1, 0.15) is 23.0 Å². The largest absolute Gasteiger partial charge is 0.491 e. The molecule has 2 heterocycles. The average Bonchev–Trinajstić information content (AvgIpc) is 3.11. The van der Waals surface area contributed by atoms with Crippen LogP contribution in [0.2, 0.25) is 5.15 Å². The van der Waals surface area contributed by atoms with Gasteiger partial charge in [0.05, 0.1) is 12.1 Å². The highest BCUT2D eigenvalue weighted by Crippen LogP contribution is 2.24. The number of halogens is 1. The summed E-state index contributed by atoms with van der Waals surface area (Å²) in [6.07, 6.45) is 1.17. The van der Waals surface area contributed by atoms with Gasteiger partial charge in [-0.25, -0.2) is 17.7 Å². The van der Waals surface area contributed by atoms with Crippen LogP contribution < -0.4 is 9.04 Å². The van der Waals surface area contributed by atoms with E-state index >= 15 is 0 Å². The molecule has 3 aromatic rings. The van der Waals surface area contributed by atoms with Crippen LogP contribution in [-0.4, -0.2) is 37.5 Å². The summed E-state index contributed by atoms with van der Waals surface area (Å²) in [4.78, 5) is 15.5. The van der Waals surface area contributed by atoms with E-state index in [0.29, 0.717) is 17.1 Å². The number of rotatable bonds is 8. The van der Waals surface area contributed by atoms with Gasteiger partial charge in [0.25, 0.3) is 10.0 Å². The summed E-state index contributed by atoms with van der Waals surface area (Å²) in [5, 5.41) is 3.99. The number of hydrogen-bond donors (Lipinski definition) is 0. The number of para-hydroxylation sites is 1. The molecule has 0 saturated heterocycles. The lowest BCUT2D eigenvalue weighted by Gasteiger charge is -2.22. The minimum atomic E-state index is -4.00. The molecule has 10 heteroatoms. The lowest BCUT2D eigenvalue weighted by molar-refractivity contribution is 0.101. The molecule has 0 aliphatic heterocycles. The van der Waals surface area contributed by atoms with Gasteiger partial charge in [0, 0.05) is 12.3 Å². The molecule has 0 fully saturated rings. The maximum atomic E-state index is 13.1. The third-order valence-corrected chi connectivity index (χ3v) is 5.99. The van der Waals surface area contributed by atoms with Gasteiger partial charge in [-0.3, -0.25) is 4.79 Å². The second-order valence-electron chi connectivity index (χ2n) is 6.09. The zero-order valence-corrected chi connectivity index (χ0v) is 17.3. The van der Waals surface area contributed by atoms with Crippen LogP contribution in [0.15, 0.2) is 58.1 Å². The second-order valence-corrected chi connectivity index (χ2v) is 8.34. The van der Waals surface area contributed by atoms with Gasteiger partial charge in [-0.2, -0.15) is 0 Å². The molecule has 0 N–H and O–H groups in total. The van der Waals surface area contributed by atoms with E-state index in [2.05, 4.69) is 10.1 Å². The van der Waals surface area contributed by atoms with Crippen molar-refractivity contribution in [2.45, 2.75) is 18.7 Å². The number of aryl methyl sites for hydroxylation is 1. The molecule has 0 atom stereocenters. The van der Waals surface area contributed by atoms with Crippen molar-refractivity contribution < 1.29 is 22.5 Å². The minimum absolute atomic E-state index is 0.0174. The predicted octanol–water partition coefficient (Wildman–Crippen LogP) is 3.51. The number of carbonyl (C=O) groups excluding carboxylic acids is 1. The number of nitrogens with zero attached hydrogens (tertiary/aromatic N) is 3. The Kier molecular flexibility index (Phi) is 6.19. The number of ketones is 1. The Balaban J connectivity index is 1.86. The number of hydrogen-bond acceptors (Lipinski definition) is 7. The quantitative estimate of drug-likeness (QED) is 0.394. The molecule has 0 aliphatic rings. The Morgan fingerprint density at radius 2 is 2.00 bits per heavy atom. The molecule has 0 aliphatic carbocycles. The number of benzene rings is 1. The summed E-state index contributed by atoms with van der Waals surface area (Å²) in [7, 11) is -4.00. The Morgan fingerprint density at radius 3 is 2.62 bits per heavy atom. The molecule has 2 aromatic heterocycles. The van der Waals surface area contributed by atoms with Crippen molar-refractivity contribution in [3.05, 3.63) is 65.1 Å². The van der Waals surface area contributed by atoms with Crippen LogP contribution in [0.5, 0.6) is 5.75 Å². The molecule has 0 saturated carbocycles. The molecular weight excluding hydrogens is 418 g/mol. The number of sulfonamides is 1. The first kappa shape index (κ1) is 20.8. The Labute approximate surface area is 173 Å². The average molecular weight is 436 g/mol. The molecule has 3 rings (SSSR count). The smallest absolute Gasteiger partial charge is 0.267 e. The van der Waals surface area contributed by atoms with Crippen molar-refractivity contribution >= 4 is 33.2 Å². The zero-order chi connectivity index (χ0) is 21.0. The lowest BCUT2D eigenvalue weighted by atomic mass is 10.1. The highest BCUT2D eigenvalue weighted by Gasteiger charge is 2.28. The van der Waals surface area contributed by atoms with E-state index in [0.717, 1.165) is 4.31 Å². The van der Waals surface area contributed by atoms with Crippen LogP contribution in [0.4, 0.5) is 5.82 Å². The normalized spacial score (nSPS) is 11.3. The van der Waals surface area contributed by atoms with Gasteiger partial charge in [0.2, 0.25) is 0 Å². The van der Waals surface area contributed by atoms with E-state index in [4.69, 9.17) is 20.9 Å². The first-order chi connectivity index (χ1) is 13.8. The fraction of sp³-hybridized carbons (Fsp3) is 0.211. The van der Waals surface area contributed by atoms with E-state index < -0.39 is 10.0 Å². The number of Topliss-reactive ketones (excluding diaryl/α,β-unsaturated/α-hetero) is 1. The first-order valence-corrected chi connectivity index (χ1v) is 10.4. The van der Waals surface area contributed by atoms with Crippen LogP contribution in [0, 0.1) is 6.92 Å². The van der Waals surface area contributed by atoms with Crippen molar-refractivity contribution in [1.82, 2.24) is 10.1 Å². The summed E-state index contributed by atoms with van der Waals surface area (Å²) >= 11 is 5.76. The van der Waals surface area contributed by atoms with Crippen LogP contribution in [0.25, 0.3) is 0 Å². The number of aromatic nitrogens is 2. The van der Waals surface area contributed by atoms with Crippen molar-refractivity contribution in [2.75, 3.05) is 17.5 Å². The predicted molar refractivity (Wildman–Crippen MR) is 107 cm³/mol. The molecule has 0 spiro atoms. The van der Waals surface area contributed by atoms with E-state index in [1.807, 2.05) is 0 Å². The molecule has 0 radical (unpaired) electrons. The van der Waals surface area contributed by atoms with Gasteiger partial charge in [-0.1, -0.05) is 28.9 Å². The van der Waals surface area contributed by atoms with E-state index in [1.165, 1.54) is 31.3 Å². The molecule has 0 unspecified atom stereocenters. The maximum Gasteiger partial charge on any atom is 0.267 e. The summed E-state index contributed by atoms with van der Waals surface area (Å²) in [5.74, 6) is 0.796. The van der Waals surface area contributed by atoms with Crippen molar-refractivity contribution in [3.8, 4) is 5.75 Å². The summed E-state index contributed by atoms with van der Waals surface area (Å²) < 4.78 is 38.0. The first-order valence-electron chi connectivity index (χ1n) is 8.59. The van der Waals surface area contributed by atoms with Gasteiger partial charge in [-0.15, -0.1) is 0 Å². The molecule has 152 valence electrons. The van der Waals surface area contributed by atoms with Gasteiger partial charge >= 0.3 is 0 Å². The van der Waals surface area contributed by atoms with E-state index in [1.54, 1.807) is 31.2 Å². The van der Waals surface area contributed by atoms with Gasteiger partial charge < -0.3 is 9.26 Å². The second kappa shape index (κ2) is 8.62. The Morgan fingerprint density at radius 1 is 1.24 bits per heavy atom. The molecule has 0 bridgehead atoms. The third-order valence-electron chi connectivity index (χ3n) is 3.98. The lowest BCUT2D eigenvalue weighted by Crippen LogP contribution is -2.35. The fourth-order valence-corrected chi connectivity index (χ4v) is 4.03. The third kappa shape index (κ3) is 4.75. The van der Waals surface area contributed by atoms with Crippen LogP contribution >= 0.6 is 11.6 Å². The van der Waals surface area contributed by atoms with Crippen molar-refractivity contribution in [2.24, 2.45) is 0 Å².